The van der Waals surface area contributed by atoms with Crippen LogP contribution in [0.1, 0.15) is 23.4 Å². The molecule has 1 saturated heterocycles. The number of likely N-dealkylation sites (tertiary alicyclic amines) is 1. The van der Waals surface area contributed by atoms with Crippen molar-refractivity contribution in [1.82, 2.24) is 20.5 Å². The summed E-state index contributed by atoms with van der Waals surface area (Å²) in [4.78, 5) is 12.7. The van der Waals surface area contributed by atoms with Gasteiger partial charge in [0.15, 0.2) is 5.96 Å². The van der Waals surface area contributed by atoms with E-state index in [0.29, 0.717) is 5.92 Å². The van der Waals surface area contributed by atoms with E-state index in [0.717, 1.165) is 44.3 Å². The van der Waals surface area contributed by atoms with Gasteiger partial charge in [0.05, 0.1) is 0 Å². The Balaban J connectivity index is 0.00000261. The molecule has 0 amide bonds. The molecule has 0 bridgehead atoms. The number of aromatic nitrogens is 1. The Hall–Kier alpha value is -1.19. The molecule has 1 aliphatic heterocycles. The first kappa shape index (κ1) is 22.1. The van der Waals surface area contributed by atoms with Crippen molar-refractivity contribution in [2.24, 2.45) is 10.9 Å². The zero-order chi connectivity index (χ0) is 18.0. The molecule has 7 heteroatoms. The van der Waals surface area contributed by atoms with E-state index in [9.17, 15) is 0 Å². The van der Waals surface area contributed by atoms with Crippen LogP contribution in [-0.4, -0.2) is 49.1 Å². The molecule has 0 spiro atoms. The number of piperidine rings is 1. The van der Waals surface area contributed by atoms with Gasteiger partial charge < -0.3 is 10.6 Å². The fourth-order valence-corrected chi connectivity index (χ4v) is 4.15. The van der Waals surface area contributed by atoms with Gasteiger partial charge in [-0.05, 0) is 48.9 Å². The quantitative estimate of drug-likeness (QED) is 0.349. The number of aliphatic imine (C=N–C) groups is 1. The van der Waals surface area contributed by atoms with Crippen LogP contribution in [0.5, 0.6) is 0 Å². The van der Waals surface area contributed by atoms with Gasteiger partial charge in [0.2, 0.25) is 0 Å². The smallest absolute Gasteiger partial charge is 0.190 e. The van der Waals surface area contributed by atoms with Crippen molar-refractivity contribution in [2.45, 2.75) is 25.8 Å². The molecule has 1 aliphatic rings. The van der Waals surface area contributed by atoms with Crippen molar-refractivity contribution in [3.63, 3.8) is 0 Å². The standard InChI is InChI=1S/C20H29N5S.HI/c1-21-20(23-11-9-18-7-2-3-10-22-18)24-14-17-6-4-12-25(15-17)16-19-8-5-13-26-19;/h2-3,5,7-8,10,13,17H,4,6,9,11-12,14-16H2,1H3,(H2,21,23,24);1H. The highest BCUT2D eigenvalue weighted by Gasteiger charge is 2.20. The number of thiophene rings is 1. The molecule has 0 aromatic carbocycles. The van der Waals surface area contributed by atoms with E-state index in [2.05, 4.69) is 49.1 Å². The lowest BCUT2D eigenvalue weighted by atomic mass is 9.98. The van der Waals surface area contributed by atoms with E-state index in [-0.39, 0.29) is 24.0 Å². The minimum atomic E-state index is 0. The predicted molar refractivity (Wildman–Crippen MR) is 125 cm³/mol. The average molecular weight is 499 g/mol. The highest BCUT2D eigenvalue weighted by molar-refractivity contribution is 14.0. The number of hydrogen-bond acceptors (Lipinski definition) is 4. The highest BCUT2D eigenvalue weighted by Crippen LogP contribution is 2.19. The largest absolute Gasteiger partial charge is 0.356 e. The van der Waals surface area contributed by atoms with E-state index < -0.39 is 0 Å². The second kappa shape index (κ2) is 12.3. The minimum absolute atomic E-state index is 0. The molecule has 5 nitrogen and oxygen atoms in total. The summed E-state index contributed by atoms with van der Waals surface area (Å²) < 4.78 is 0. The molecule has 2 N–H and O–H groups in total. The van der Waals surface area contributed by atoms with E-state index in [1.165, 1.54) is 24.3 Å². The third kappa shape index (κ3) is 7.75. The first-order valence-corrected chi connectivity index (χ1v) is 10.3. The Morgan fingerprint density at radius 2 is 2.22 bits per heavy atom. The van der Waals surface area contributed by atoms with Gasteiger partial charge in [0.25, 0.3) is 0 Å². The summed E-state index contributed by atoms with van der Waals surface area (Å²) in [7, 11) is 1.83. The van der Waals surface area contributed by atoms with Crippen molar-refractivity contribution >= 4 is 41.3 Å². The molecule has 3 heterocycles. The number of rotatable bonds is 7. The molecule has 27 heavy (non-hydrogen) atoms. The van der Waals surface area contributed by atoms with Gasteiger partial charge in [-0.2, -0.15) is 0 Å². The summed E-state index contributed by atoms with van der Waals surface area (Å²) in [5.41, 5.74) is 1.10. The second-order valence-electron chi connectivity index (χ2n) is 6.77. The van der Waals surface area contributed by atoms with Crippen LogP contribution in [0, 0.1) is 5.92 Å². The van der Waals surface area contributed by atoms with Crippen molar-refractivity contribution in [3.05, 3.63) is 52.5 Å². The summed E-state index contributed by atoms with van der Waals surface area (Å²) in [5, 5.41) is 9.06. The van der Waals surface area contributed by atoms with Gasteiger partial charge in [-0.25, -0.2) is 0 Å². The molecule has 2 aromatic heterocycles. The van der Waals surface area contributed by atoms with E-state index in [1.54, 1.807) is 0 Å². The number of guanidine groups is 1. The summed E-state index contributed by atoms with van der Waals surface area (Å²) in [6, 6.07) is 10.4. The fraction of sp³-hybridized carbons (Fsp3) is 0.500. The predicted octanol–water partition coefficient (Wildman–Crippen LogP) is 3.38. The molecule has 0 saturated carbocycles. The maximum absolute atomic E-state index is 4.35. The van der Waals surface area contributed by atoms with Crippen molar-refractivity contribution in [2.75, 3.05) is 33.2 Å². The zero-order valence-corrected chi connectivity index (χ0v) is 19.1. The lowest BCUT2D eigenvalue weighted by Gasteiger charge is -2.32. The van der Waals surface area contributed by atoms with E-state index >= 15 is 0 Å². The summed E-state index contributed by atoms with van der Waals surface area (Å²) in [5.74, 6) is 1.56. The maximum Gasteiger partial charge on any atom is 0.190 e. The van der Waals surface area contributed by atoms with Gasteiger partial charge >= 0.3 is 0 Å². The second-order valence-corrected chi connectivity index (χ2v) is 7.81. The lowest BCUT2D eigenvalue weighted by molar-refractivity contribution is 0.169. The van der Waals surface area contributed by atoms with Crippen molar-refractivity contribution in [3.8, 4) is 0 Å². The first-order chi connectivity index (χ1) is 12.8. The molecule has 0 radical (unpaired) electrons. The SMILES string of the molecule is CN=C(NCCc1ccccn1)NCC1CCCN(Cc2cccs2)C1.I. The van der Waals surface area contributed by atoms with Crippen LogP contribution in [0.25, 0.3) is 0 Å². The topological polar surface area (TPSA) is 52.6 Å². The summed E-state index contributed by atoms with van der Waals surface area (Å²) >= 11 is 1.86. The zero-order valence-electron chi connectivity index (χ0n) is 15.9. The lowest BCUT2D eigenvalue weighted by Crippen LogP contribution is -2.44. The summed E-state index contributed by atoms with van der Waals surface area (Å²) in [6.45, 7) is 5.28. The molecule has 3 rings (SSSR count). The van der Waals surface area contributed by atoms with Crippen LogP contribution in [0.15, 0.2) is 46.9 Å². The molecule has 1 atom stereocenters. The molecular formula is C20H30IN5S. The number of halogens is 1. The van der Waals surface area contributed by atoms with Crippen LogP contribution in [0.2, 0.25) is 0 Å². The Morgan fingerprint density at radius 1 is 1.30 bits per heavy atom. The van der Waals surface area contributed by atoms with Gasteiger partial charge in [0.1, 0.15) is 0 Å². The maximum atomic E-state index is 4.35. The van der Waals surface area contributed by atoms with Crippen LogP contribution in [0.4, 0.5) is 0 Å². The Morgan fingerprint density at radius 3 is 2.96 bits per heavy atom. The number of nitrogens with one attached hydrogen (secondary N) is 2. The Kier molecular flexibility index (Phi) is 10.1. The molecule has 1 fully saturated rings. The monoisotopic (exact) mass is 499 g/mol. The molecule has 1 unspecified atom stereocenters. The van der Waals surface area contributed by atoms with Gasteiger partial charge in [-0.3, -0.25) is 14.9 Å². The van der Waals surface area contributed by atoms with Gasteiger partial charge in [-0.15, -0.1) is 35.3 Å². The fourth-order valence-electron chi connectivity index (χ4n) is 3.40. The highest BCUT2D eigenvalue weighted by atomic mass is 127. The normalized spacial score (nSPS) is 18.0. The molecular weight excluding hydrogens is 469 g/mol. The van der Waals surface area contributed by atoms with E-state index in [4.69, 9.17) is 0 Å². The Bertz CT molecular complexity index is 662. The third-order valence-corrected chi connectivity index (χ3v) is 5.61. The van der Waals surface area contributed by atoms with Crippen LogP contribution < -0.4 is 10.6 Å². The molecule has 0 aliphatic carbocycles. The van der Waals surface area contributed by atoms with Crippen LogP contribution >= 0.6 is 35.3 Å². The van der Waals surface area contributed by atoms with Crippen LogP contribution in [0.3, 0.4) is 0 Å². The number of nitrogens with zero attached hydrogens (tertiary/aromatic N) is 3. The first-order valence-electron chi connectivity index (χ1n) is 9.42. The van der Waals surface area contributed by atoms with Crippen LogP contribution in [-0.2, 0) is 13.0 Å². The van der Waals surface area contributed by atoms with E-state index in [1.807, 2.05) is 36.7 Å². The molecule has 2 aromatic rings. The molecule has 148 valence electrons. The summed E-state index contributed by atoms with van der Waals surface area (Å²) in [6.07, 6.45) is 5.31. The minimum Gasteiger partial charge on any atom is -0.356 e. The third-order valence-electron chi connectivity index (χ3n) is 4.74. The average Bonchev–Trinajstić information content (AvgIpc) is 3.18. The number of hydrogen-bond donors (Lipinski definition) is 2. The van der Waals surface area contributed by atoms with Gasteiger partial charge in [-0.1, -0.05) is 12.1 Å². The van der Waals surface area contributed by atoms with Crippen molar-refractivity contribution in [1.29, 1.82) is 0 Å². The van der Waals surface area contributed by atoms with Crippen molar-refractivity contribution < 1.29 is 0 Å². The number of pyridine rings is 1. The van der Waals surface area contributed by atoms with Gasteiger partial charge in [0, 0.05) is 56.4 Å². The Labute approximate surface area is 183 Å².